The lowest BCUT2D eigenvalue weighted by Crippen LogP contribution is -2.12. The van der Waals surface area contributed by atoms with Gasteiger partial charge in [0.15, 0.2) is 5.82 Å². The van der Waals surface area contributed by atoms with Crippen molar-refractivity contribution in [3.8, 4) is 0 Å². The summed E-state index contributed by atoms with van der Waals surface area (Å²) < 4.78 is 0. The quantitative estimate of drug-likeness (QED) is 0.464. The first-order chi connectivity index (χ1) is 7.63. The van der Waals surface area contributed by atoms with Crippen LogP contribution in [-0.4, -0.2) is 40.3 Å². The van der Waals surface area contributed by atoms with Gasteiger partial charge in [-0.05, 0) is 17.9 Å². The van der Waals surface area contributed by atoms with E-state index in [1.165, 1.54) is 18.1 Å². The van der Waals surface area contributed by atoms with Crippen LogP contribution < -0.4 is 4.90 Å². The molecule has 0 fully saturated rings. The molecule has 2 aromatic rings. The zero-order chi connectivity index (χ0) is 11.7. The highest BCUT2D eigenvalue weighted by molar-refractivity contribution is 7.98. The van der Waals surface area contributed by atoms with Crippen molar-refractivity contribution in [2.45, 2.75) is 5.03 Å². The van der Waals surface area contributed by atoms with Crippen LogP contribution >= 0.6 is 23.4 Å². The average molecular weight is 256 g/mol. The van der Waals surface area contributed by atoms with E-state index in [-0.39, 0.29) is 5.28 Å². The van der Waals surface area contributed by atoms with Crippen LogP contribution in [0.3, 0.4) is 0 Å². The molecule has 0 bridgehead atoms. The summed E-state index contributed by atoms with van der Waals surface area (Å²) in [7, 11) is 3.78. The molecule has 0 spiro atoms. The van der Waals surface area contributed by atoms with Crippen LogP contribution in [0.4, 0.5) is 5.82 Å². The second-order valence-electron chi connectivity index (χ2n) is 3.29. The van der Waals surface area contributed by atoms with E-state index in [1.54, 1.807) is 0 Å². The van der Waals surface area contributed by atoms with Gasteiger partial charge in [0.2, 0.25) is 5.28 Å². The molecule has 2 rings (SSSR count). The van der Waals surface area contributed by atoms with Crippen molar-refractivity contribution in [1.29, 1.82) is 0 Å². The molecular formula is C9H10ClN5S. The van der Waals surface area contributed by atoms with E-state index in [1.807, 2.05) is 25.3 Å². The molecule has 2 aromatic heterocycles. The van der Waals surface area contributed by atoms with E-state index < -0.39 is 0 Å². The summed E-state index contributed by atoms with van der Waals surface area (Å²) in [6.45, 7) is 0. The van der Waals surface area contributed by atoms with Gasteiger partial charge in [0.1, 0.15) is 22.4 Å². The third-order valence-corrected chi connectivity index (χ3v) is 2.87. The molecule has 16 heavy (non-hydrogen) atoms. The molecule has 2 heterocycles. The zero-order valence-corrected chi connectivity index (χ0v) is 10.7. The first-order valence-corrected chi connectivity index (χ1v) is 6.13. The molecule has 0 aliphatic carbocycles. The standard InChI is InChI=1S/C9H10ClN5S/c1-15(2)7-5-6(13-9(10)14-7)8(16-3)12-4-11-5/h4H,1-3H3. The molecule has 7 heteroatoms. The van der Waals surface area contributed by atoms with E-state index >= 15 is 0 Å². The summed E-state index contributed by atoms with van der Waals surface area (Å²) in [6, 6.07) is 0. The van der Waals surface area contributed by atoms with E-state index in [0.717, 1.165) is 5.03 Å². The average Bonchev–Trinajstić information content (AvgIpc) is 2.27. The molecule has 5 nitrogen and oxygen atoms in total. The Morgan fingerprint density at radius 1 is 1.19 bits per heavy atom. The lowest BCUT2D eigenvalue weighted by Gasteiger charge is -2.13. The molecule has 0 unspecified atom stereocenters. The number of nitrogens with zero attached hydrogens (tertiary/aromatic N) is 5. The topological polar surface area (TPSA) is 54.8 Å². The Morgan fingerprint density at radius 2 is 1.94 bits per heavy atom. The van der Waals surface area contributed by atoms with Crippen molar-refractivity contribution in [3.05, 3.63) is 11.6 Å². The molecule has 0 N–H and O–H groups in total. The lowest BCUT2D eigenvalue weighted by atomic mass is 10.4. The van der Waals surface area contributed by atoms with Crippen LogP contribution in [-0.2, 0) is 0 Å². The fourth-order valence-electron chi connectivity index (χ4n) is 1.35. The molecule has 0 saturated carbocycles. The summed E-state index contributed by atoms with van der Waals surface area (Å²) in [4.78, 5) is 18.5. The van der Waals surface area contributed by atoms with Gasteiger partial charge in [-0.2, -0.15) is 4.98 Å². The number of thioether (sulfide) groups is 1. The second-order valence-corrected chi connectivity index (χ2v) is 4.42. The Morgan fingerprint density at radius 3 is 2.56 bits per heavy atom. The highest BCUT2D eigenvalue weighted by atomic mass is 35.5. The van der Waals surface area contributed by atoms with E-state index in [0.29, 0.717) is 16.9 Å². The van der Waals surface area contributed by atoms with Gasteiger partial charge in [0, 0.05) is 14.1 Å². The van der Waals surface area contributed by atoms with Gasteiger partial charge in [-0.3, -0.25) is 0 Å². The first-order valence-electron chi connectivity index (χ1n) is 4.53. The summed E-state index contributed by atoms with van der Waals surface area (Å²) >= 11 is 7.39. The van der Waals surface area contributed by atoms with Crippen LogP contribution in [0.15, 0.2) is 11.4 Å². The predicted molar refractivity (Wildman–Crippen MR) is 66.2 cm³/mol. The largest absolute Gasteiger partial charge is 0.361 e. The molecule has 0 atom stereocenters. The third-order valence-electron chi connectivity index (χ3n) is 2.02. The van der Waals surface area contributed by atoms with Crippen molar-refractivity contribution in [2.24, 2.45) is 0 Å². The number of aromatic nitrogens is 4. The molecule has 0 aliphatic rings. The predicted octanol–water partition coefficient (Wildman–Crippen LogP) is 1.86. The van der Waals surface area contributed by atoms with E-state index in [9.17, 15) is 0 Å². The number of hydrogen-bond donors (Lipinski definition) is 0. The van der Waals surface area contributed by atoms with Gasteiger partial charge in [-0.1, -0.05) is 0 Å². The minimum absolute atomic E-state index is 0.210. The summed E-state index contributed by atoms with van der Waals surface area (Å²) in [5.74, 6) is 0.702. The maximum atomic E-state index is 5.88. The van der Waals surface area contributed by atoms with Crippen molar-refractivity contribution in [2.75, 3.05) is 25.3 Å². The van der Waals surface area contributed by atoms with Gasteiger partial charge in [0.25, 0.3) is 0 Å². The Kier molecular flexibility index (Phi) is 3.11. The molecular weight excluding hydrogens is 246 g/mol. The molecule has 84 valence electrons. The Balaban J connectivity index is 2.83. The van der Waals surface area contributed by atoms with Gasteiger partial charge < -0.3 is 4.90 Å². The Bertz CT molecular complexity index is 531. The summed E-state index contributed by atoms with van der Waals surface area (Å²) in [5.41, 5.74) is 1.41. The fraction of sp³-hybridized carbons (Fsp3) is 0.333. The van der Waals surface area contributed by atoms with Gasteiger partial charge in [-0.15, -0.1) is 11.8 Å². The number of halogens is 1. The van der Waals surface area contributed by atoms with Crippen molar-refractivity contribution < 1.29 is 0 Å². The smallest absolute Gasteiger partial charge is 0.225 e. The van der Waals surface area contributed by atoms with Gasteiger partial charge >= 0.3 is 0 Å². The molecule has 0 radical (unpaired) electrons. The normalized spacial score (nSPS) is 10.8. The number of hydrogen-bond acceptors (Lipinski definition) is 6. The summed E-state index contributed by atoms with van der Waals surface area (Å²) in [5, 5.41) is 1.01. The van der Waals surface area contributed by atoms with E-state index in [2.05, 4.69) is 19.9 Å². The van der Waals surface area contributed by atoms with Crippen LogP contribution in [0.25, 0.3) is 11.0 Å². The number of fused-ring (bicyclic) bond motifs is 1. The Labute approximate surface area is 102 Å². The molecule has 0 aromatic carbocycles. The van der Waals surface area contributed by atoms with E-state index in [4.69, 9.17) is 11.6 Å². The van der Waals surface area contributed by atoms with Gasteiger partial charge in [-0.25, -0.2) is 15.0 Å². The maximum Gasteiger partial charge on any atom is 0.225 e. The first kappa shape index (κ1) is 11.3. The molecule has 0 aliphatic heterocycles. The van der Waals surface area contributed by atoms with Crippen LogP contribution in [0.1, 0.15) is 0 Å². The maximum absolute atomic E-state index is 5.88. The fourth-order valence-corrected chi connectivity index (χ4v) is 2.00. The van der Waals surface area contributed by atoms with Gasteiger partial charge in [0.05, 0.1) is 0 Å². The van der Waals surface area contributed by atoms with Crippen molar-refractivity contribution in [3.63, 3.8) is 0 Å². The third kappa shape index (κ3) is 1.90. The molecule has 0 amide bonds. The zero-order valence-electron chi connectivity index (χ0n) is 9.10. The SMILES string of the molecule is CSc1ncnc2c(N(C)C)nc(Cl)nc12. The monoisotopic (exact) mass is 255 g/mol. The van der Waals surface area contributed by atoms with Crippen molar-refractivity contribution in [1.82, 2.24) is 19.9 Å². The second kappa shape index (κ2) is 4.39. The van der Waals surface area contributed by atoms with Crippen LogP contribution in [0, 0.1) is 0 Å². The van der Waals surface area contributed by atoms with Crippen LogP contribution in [0.5, 0.6) is 0 Å². The van der Waals surface area contributed by atoms with Crippen molar-refractivity contribution >= 4 is 40.2 Å². The molecule has 0 saturated heterocycles. The minimum Gasteiger partial charge on any atom is -0.361 e. The number of anilines is 1. The van der Waals surface area contributed by atoms with Crippen LogP contribution in [0.2, 0.25) is 5.28 Å². The minimum atomic E-state index is 0.210. The highest BCUT2D eigenvalue weighted by Gasteiger charge is 2.13. The Hall–Kier alpha value is -1.14. The highest BCUT2D eigenvalue weighted by Crippen LogP contribution is 2.27. The summed E-state index contributed by atoms with van der Waals surface area (Å²) in [6.07, 6.45) is 3.45. The number of rotatable bonds is 2. The lowest BCUT2D eigenvalue weighted by molar-refractivity contribution is 1.02.